The lowest BCUT2D eigenvalue weighted by molar-refractivity contribution is 0.413. The Balaban J connectivity index is 1.97. The van der Waals surface area contributed by atoms with Gasteiger partial charge in [0.05, 0.1) is 7.11 Å². The number of thiophene rings is 1. The molecule has 3 heteroatoms. The second-order valence-corrected chi connectivity index (χ2v) is 6.07. The highest BCUT2D eigenvalue weighted by Crippen LogP contribution is 2.26. The average Bonchev–Trinajstić information content (AvgIpc) is 2.97. The molecule has 1 aromatic heterocycles. The summed E-state index contributed by atoms with van der Waals surface area (Å²) in [6.07, 6.45) is 3.53. The molecule has 108 valence electrons. The molecule has 0 spiro atoms. The third-order valence-electron chi connectivity index (χ3n) is 3.70. The van der Waals surface area contributed by atoms with E-state index in [4.69, 9.17) is 4.74 Å². The molecule has 1 N–H and O–H groups in total. The Kier molecular flexibility index (Phi) is 5.62. The van der Waals surface area contributed by atoms with Crippen molar-refractivity contribution in [3.8, 4) is 5.75 Å². The molecule has 1 aromatic carbocycles. The summed E-state index contributed by atoms with van der Waals surface area (Å²) in [4.78, 5) is 1.48. The lowest BCUT2D eigenvalue weighted by Gasteiger charge is -2.19. The van der Waals surface area contributed by atoms with Gasteiger partial charge < -0.3 is 10.1 Å². The van der Waals surface area contributed by atoms with Crippen molar-refractivity contribution < 1.29 is 4.74 Å². The first kappa shape index (κ1) is 15.1. The Morgan fingerprint density at radius 2 is 2.15 bits per heavy atom. The van der Waals surface area contributed by atoms with Crippen molar-refractivity contribution in [2.75, 3.05) is 14.2 Å². The summed E-state index contributed by atoms with van der Waals surface area (Å²) in [6, 6.07) is 11.1. The highest BCUT2D eigenvalue weighted by molar-refractivity contribution is 7.09. The fraction of sp³-hybridized carbons (Fsp3) is 0.412. The minimum absolute atomic E-state index is 0.417. The maximum atomic E-state index is 5.27. The van der Waals surface area contributed by atoms with E-state index >= 15 is 0 Å². The molecule has 2 nitrogen and oxygen atoms in total. The molecule has 0 saturated heterocycles. The zero-order valence-corrected chi connectivity index (χ0v) is 13.3. The maximum Gasteiger partial charge on any atom is 0.119 e. The number of nitrogens with one attached hydrogen (secondary N) is 1. The molecule has 0 saturated carbocycles. The van der Waals surface area contributed by atoms with E-state index in [0.717, 1.165) is 12.2 Å². The van der Waals surface area contributed by atoms with Gasteiger partial charge in [0.25, 0.3) is 0 Å². The van der Waals surface area contributed by atoms with Crippen LogP contribution < -0.4 is 10.1 Å². The van der Waals surface area contributed by atoms with Crippen LogP contribution in [0, 0.1) is 6.92 Å². The number of ether oxygens (including phenoxy) is 1. The maximum absolute atomic E-state index is 5.27. The molecular weight excluding hydrogens is 266 g/mol. The van der Waals surface area contributed by atoms with Crippen molar-refractivity contribution in [3.63, 3.8) is 0 Å². The predicted molar refractivity (Wildman–Crippen MR) is 86.8 cm³/mol. The zero-order valence-electron chi connectivity index (χ0n) is 12.5. The first-order valence-electron chi connectivity index (χ1n) is 7.08. The van der Waals surface area contributed by atoms with Crippen molar-refractivity contribution in [1.82, 2.24) is 5.32 Å². The summed E-state index contributed by atoms with van der Waals surface area (Å²) < 4.78 is 5.27. The fourth-order valence-electron chi connectivity index (χ4n) is 2.56. The van der Waals surface area contributed by atoms with Gasteiger partial charge in [-0.05, 0) is 67.9 Å². The number of hydrogen-bond acceptors (Lipinski definition) is 3. The molecule has 1 heterocycles. The molecular formula is C17H23NOS. The summed E-state index contributed by atoms with van der Waals surface area (Å²) in [5, 5.41) is 5.59. The molecule has 1 unspecified atom stereocenters. The predicted octanol–water partition coefficient (Wildman–Crippen LogP) is 4.35. The number of rotatable bonds is 7. The van der Waals surface area contributed by atoms with Crippen molar-refractivity contribution in [2.45, 2.75) is 32.2 Å². The third kappa shape index (κ3) is 3.84. The zero-order chi connectivity index (χ0) is 14.4. The topological polar surface area (TPSA) is 21.3 Å². The first-order valence-corrected chi connectivity index (χ1v) is 7.96. The fourth-order valence-corrected chi connectivity index (χ4v) is 3.31. The van der Waals surface area contributed by atoms with Crippen LogP contribution in [0.5, 0.6) is 5.75 Å². The molecule has 0 fully saturated rings. The van der Waals surface area contributed by atoms with Crippen LogP contribution in [-0.4, -0.2) is 14.2 Å². The summed E-state index contributed by atoms with van der Waals surface area (Å²) >= 11 is 1.85. The Morgan fingerprint density at radius 3 is 2.75 bits per heavy atom. The van der Waals surface area contributed by atoms with Crippen LogP contribution in [-0.2, 0) is 6.42 Å². The van der Waals surface area contributed by atoms with Crippen LogP contribution >= 0.6 is 11.3 Å². The van der Waals surface area contributed by atoms with E-state index in [2.05, 4.69) is 41.9 Å². The molecule has 20 heavy (non-hydrogen) atoms. The second-order valence-electron chi connectivity index (χ2n) is 5.04. The summed E-state index contributed by atoms with van der Waals surface area (Å²) in [7, 11) is 3.75. The van der Waals surface area contributed by atoms with Gasteiger partial charge in [0.15, 0.2) is 0 Å². The third-order valence-corrected chi connectivity index (χ3v) is 4.63. The van der Waals surface area contributed by atoms with E-state index < -0.39 is 0 Å². The lowest BCUT2D eigenvalue weighted by atomic mass is 9.96. The highest BCUT2D eigenvalue weighted by atomic mass is 32.1. The molecule has 0 bridgehead atoms. The van der Waals surface area contributed by atoms with E-state index in [1.807, 2.05) is 24.5 Å². The summed E-state index contributed by atoms with van der Waals surface area (Å²) in [6.45, 7) is 2.15. The van der Waals surface area contributed by atoms with Crippen LogP contribution in [0.15, 0.2) is 35.7 Å². The van der Waals surface area contributed by atoms with Crippen LogP contribution in [0.25, 0.3) is 0 Å². The van der Waals surface area contributed by atoms with Gasteiger partial charge in [-0.15, -0.1) is 11.3 Å². The van der Waals surface area contributed by atoms with E-state index in [9.17, 15) is 0 Å². The lowest BCUT2D eigenvalue weighted by Crippen LogP contribution is -2.17. The molecule has 0 aliphatic carbocycles. The van der Waals surface area contributed by atoms with Crippen molar-refractivity contribution >= 4 is 11.3 Å². The van der Waals surface area contributed by atoms with Crippen molar-refractivity contribution in [2.24, 2.45) is 0 Å². The minimum Gasteiger partial charge on any atom is -0.497 e. The van der Waals surface area contributed by atoms with Crippen molar-refractivity contribution in [3.05, 3.63) is 51.7 Å². The van der Waals surface area contributed by atoms with E-state index in [1.54, 1.807) is 7.11 Å². The van der Waals surface area contributed by atoms with Gasteiger partial charge in [-0.3, -0.25) is 0 Å². The highest BCUT2D eigenvalue weighted by Gasteiger charge is 2.12. The molecule has 2 rings (SSSR count). The van der Waals surface area contributed by atoms with Crippen LogP contribution in [0.4, 0.5) is 0 Å². The summed E-state index contributed by atoms with van der Waals surface area (Å²) in [5.41, 5.74) is 2.67. The van der Waals surface area contributed by atoms with Gasteiger partial charge >= 0.3 is 0 Å². The normalized spacial score (nSPS) is 12.3. The van der Waals surface area contributed by atoms with Crippen LogP contribution in [0.3, 0.4) is 0 Å². The summed E-state index contributed by atoms with van der Waals surface area (Å²) in [5.74, 6) is 0.930. The van der Waals surface area contributed by atoms with Gasteiger partial charge in [-0.2, -0.15) is 0 Å². The van der Waals surface area contributed by atoms with Gasteiger partial charge in [-0.1, -0.05) is 12.1 Å². The molecule has 0 amide bonds. The first-order chi connectivity index (χ1) is 9.74. The Morgan fingerprint density at radius 1 is 1.30 bits per heavy atom. The van der Waals surface area contributed by atoms with Gasteiger partial charge in [0, 0.05) is 10.9 Å². The van der Waals surface area contributed by atoms with Crippen LogP contribution in [0.1, 0.15) is 34.9 Å². The second kappa shape index (κ2) is 7.46. The smallest absolute Gasteiger partial charge is 0.119 e. The van der Waals surface area contributed by atoms with Gasteiger partial charge in [0.2, 0.25) is 0 Å². The number of hydrogen-bond donors (Lipinski definition) is 1. The van der Waals surface area contributed by atoms with Crippen molar-refractivity contribution in [1.29, 1.82) is 0 Å². The van der Waals surface area contributed by atoms with E-state index in [0.29, 0.717) is 6.04 Å². The Labute approximate surface area is 125 Å². The SMILES string of the molecule is CNC(CCCc1cccs1)c1ccc(OC)cc1C. The largest absolute Gasteiger partial charge is 0.497 e. The van der Waals surface area contributed by atoms with E-state index in [-0.39, 0.29) is 0 Å². The monoisotopic (exact) mass is 289 g/mol. The number of methoxy groups -OCH3 is 1. The number of benzene rings is 1. The number of aryl methyl sites for hydroxylation is 2. The minimum atomic E-state index is 0.417. The average molecular weight is 289 g/mol. The molecule has 1 atom stereocenters. The quantitative estimate of drug-likeness (QED) is 0.818. The van der Waals surface area contributed by atoms with Gasteiger partial charge in [0.1, 0.15) is 5.75 Å². The molecule has 0 aliphatic rings. The molecule has 0 radical (unpaired) electrons. The van der Waals surface area contributed by atoms with Crippen LogP contribution in [0.2, 0.25) is 0 Å². The molecule has 0 aliphatic heterocycles. The van der Waals surface area contributed by atoms with E-state index in [1.165, 1.54) is 28.8 Å². The Hall–Kier alpha value is -1.32. The Bertz CT molecular complexity index is 522. The van der Waals surface area contributed by atoms with Gasteiger partial charge in [-0.25, -0.2) is 0 Å². The standard InChI is InChI=1S/C17H23NOS/c1-13-12-14(19-3)9-10-16(13)17(18-2)8-4-6-15-7-5-11-20-15/h5,7,9-12,17-18H,4,6,8H2,1-3H3. The molecule has 2 aromatic rings.